The number of aromatic nitrogens is 3. The first-order valence-corrected chi connectivity index (χ1v) is 5.01. The second-order valence-electron chi connectivity index (χ2n) is 3.43. The van der Waals surface area contributed by atoms with E-state index < -0.39 is 6.61 Å². The van der Waals surface area contributed by atoms with E-state index in [4.69, 9.17) is 0 Å². The van der Waals surface area contributed by atoms with Crippen molar-refractivity contribution in [1.82, 2.24) is 14.8 Å². The number of nitrogens with zero attached hydrogens (tertiary/aromatic N) is 3. The summed E-state index contributed by atoms with van der Waals surface area (Å²) in [5.41, 5.74) is 1.03. The van der Waals surface area contributed by atoms with Crippen molar-refractivity contribution in [2.45, 2.75) is 6.61 Å². The topological polar surface area (TPSA) is 57.0 Å². The summed E-state index contributed by atoms with van der Waals surface area (Å²) in [6, 6.07) is 4.62. The molecule has 0 aliphatic carbocycles. The molecule has 0 atom stereocenters. The Morgan fingerprint density at radius 3 is 2.89 bits per heavy atom. The third kappa shape index (κ3) is 2.34. The van der Waals surface area contributed by atoms with E-state index in [1.807, 2.05) is 0 Å². The summed E-state index contributed by atoms with van der Waals surface area (Å²) in [7, 11) is 1.60. The van der Waals surface area contributed by atoms with Gasteiger partial charge in [-0.1, -0.05) is 0 Å². The summed E-state index contributed by atoms with van der Waals surface area (Å²) in [6.45, 7) is -2.96. The van der Waals surface area contributed by atoms with Crippen LogP contribution in [-0.2, 0) is 7.05 Å². The first-order chi connectivity index (χ1) is 8.61. The van der Waals surface area contributed by atoms with E-state index in [1.54, 1.807) is 19.2 Å². The lowest BCUT2D eigenvalue weighted by Gasteiger charge is -2.08. The highest BCUT2D eigenvalue weighted by Gasteiger charge is 2.15. The summed E-state index contributed by atoms with van der Waals surface area (Å²) in [4.78, 5) is 14.4. The molecule has 0 aliphatic heterocycles. The molecule has 7 heteroatoms. The molecule has 0 N–H and O–H groups in total. The number of alkyl halides is 2. The Labute approximate surface area is 101 Å². The second-order valence-corrected chi connectivity index (χ2v) is 3.43. The van der Waals surface area contributed by atoms with Crippen LogP contribution >= 0.6 is 0 Å². The van der Waals surface area contributed by atoms with Gasteiger partial charge in [0, 0.05) is 13.2 Å². The van der Waals surface area contributed by atoms with Crippen LogP contribution in [0.5, 0.6) is 5.88 Å². The largest absolute Gasteiger partial charge is 0.416 e. The van der Waals surface area contributed by atoms with E-state index >= 15 is 0 Å². The fraction of sp³-hybridized carbons (Fsp3) is 0.182. The van der Waals surface area contributed by atoms with E-state index in [9.17, 15) is 13.6 Å². The van der Waals surface area contributed by atoms with Gasteiger partial charge in [-0.2, -0.15) is 13.9 Å². The van der Waals surface area contributed by atoms with Gasteiger partial charge in [0.15, 0.2) is 6.29 Å². The summed E-state index contributed by atoms with van der Waals surface area (Å²) < 4.78 is 30.2. The van der Waals surface area contributed by atoms with Crippen LogP contribution in [0.1, 0.15) is 10.5 Å². The van der Waals surface area contributed by atoms with E-state index in [0.717, 1.165) is 0 Å². The lowest BCUT2D eigenvalue weighted by molar-refractivity contribution is -0.0524. The van der Waals surface area contributed by atoms with Crippen molar-refractivity contribution in [2.24, 2.45) is 7.05 Å². The second kappa shape index (κ2) is 4.91. The number of ether oxygens (including phenoxy) is 1. The molecule has 2 aromatic heterocycles. The average molecular weight is 253 g/mol. The van der Waals surface area contributed by atoms with E-state index in [1.165, 1.54) is 16.9 Å². The maximum absolute atomic E-state index is 12.2. The van der Waals surface area contributed by atoms with Gasteiger partial charge >= 0.3 is 6.61 Å². The maximum Gasteiger partial charge on any atom is 0.388 e. The highest BCUT2D eigenvalue weighted by atomic mass is 19.3. The Bertz CT molecular complexity index is 569. The molecule has 0 amide bonds. The van der Waals surface area contributed by atoms with Gasteiger partial charge in [-0.3, -0.25) is 9.48 Å². The minimum absolute atomic E-state index is 0.201. The van der Waals surface area contributed by atoms with Crippen LogP contribution in [0.2, 0.25) is 0 Å². The normalized spacial score (nSPS) is 10.7. The molecule has 2 aromatic rings. The summed E-state index contributed by atoms with van der Waals surface area (Å²) >= 11 is 0. The van der Waals surface area contributed by atoms with Crippen molar-refractivity contribution in [3.8, 4) is 17.1 Å². The van der Waals surface area contributed by atoms with Crippen molar-refractivity contribution in [1.29, 1.82) is 0 Å². The molecule has 0 spiro atoms. The van der Waals surface area contributed by atoms with Crippen molar-refractivity contribution in [3.05, 3.63) is 30.1 Å². The molecular formula is C11H9F2N3O2. The number of halogens is 2. The third-order valence-corrected chi connectivity index (χ3v) is 2.27. The SMILES string of the molecule is Cn1nc(C=O)cc1-c1cccnc1OC(F)F. The Balaban J connectivity index is 2.49. The lowest BCUT2D eigenvalue weighted by atomic mass is 10.2. The van der Waals surface area contributed by atoms with E-state index in [2.05, 4.69) is 14.8 Å². The minimum atomic E-state index is -2.96. The van der Waals surface area contributed by atoms with Crippen molar-refractivity contribution < 1.29 is 18.3 Å². The highest BCUT2D eigenvalue weighted by molar-refractivity contribution is 5.76. The number of hydrogen-bond acceptors (Lipinski definition) is 4. The zero-order chi connectivity index (χ0) is 13.1. The lowest BCUT2D eigenvalue weighted by Crippen LogP contribution is -2.05. The van der Waals surface area contributed by atoms with Gasteiger partial charge in [0.2, 0.25) is 5.88 Å². The van der Waals surface area contributed by atoms with Crippen LogP contribution in [0.3, 0.4) is 0 Å². The smallest absolute Gasteiger partial charge is 0.388 e. The molecule has 18 heavy (non-hydrogen) atoms. The van der Waals surface area contributed by atoms with Crippen molar-refractivity contribution in [3.63, 3.8) is 0 Å². The van der Waals surface area contributed by atoms with Gasteiger partial charge in [-0.15, -0.1) is 0 Å². The molecular weight excluding hydrogens is 244 g/mol. The first kappa shape index (κ1) is 12.2. The minimum Gasteiger partial charge on any atom is -0.416 e. The molecule has 0 aliphatic rings. The Morgan fingerprint density at radius 1 is 1.50 bits per heavy atom. The molecule has 0 bridgehead atoms. The predicted octanol–water partition coefficient (Wildman–Crippen LogP) is 1.90. The molecule has 2 heterocycles. The third-order valence-electron chi connectivity index (χ3n) is 2.27. The number of aryl methyl sites for hydroxylation is 1. The fourth-order valence-corrected chi connectivity index (χ4v) is 1.56. The van der Waals surface area contributed by atoms with Crippen molar-refractivity contribution >= 4 is 6.29 Å². The zero-order valence-corrected chi connectivity index (χ0v) is 9.38. The Hall–Kier alpha value is -2.31. The summed E-state index contributed by atoms with van der Waals surface area (Å²) in [5, 5.41) is 3.90. The number of aldehydes is 1. The monoisotopic (exact) mass is 253 g/mol. The maximum atomic E-state index is 12.2. The van der Waals surface area contributed by atoms with Crippen LogP contribution < -0.4 is 4.74 Å². The summed E-state index contributed by atoms with van der Waals surface area (Å²) in [5.74, 6) is -0.201. The van der Waals surface area contributed by atoms with E-state index in [-0.39, 0.29) is 11.6 Å². The van der Waals surface area contributed by atoms with Gasteiger partial charge in [-0.05, 0) is 18.2 Å². The molecule has 0 fully saturated rings. The number of carbonyl (C=O) groups is 1. The van der Waals surface area contributed by atoms with Gasteiger partial charge in [0.1, 0.15) is 5.69 Å². The quantitative estimate of drug-likeness (QED) is 0.781. The van der Waals surface area contributed by atoms with Crippen LogP contribution in [0.15, 0.2) is 24.4 Å². The molecule has 2 rings (SSSR count). The average Bonchev–Trinajstić information content (AvgIpc) is 2.70. The van der Waals surface area contributed by atoms with Crippen molar-refractivity contribution in [2.75, 3.05) is 0 Å². The van der Waals surface area contributed by atoms with Gasteiger partial charge in [0.05, 0.1) is 11.3 Å². The Morgan fingerprint density at radius 2 is 2.28 bits per heavy atom. The molecule has 94 valence electrons. The zero-order valence-electron chi connectivity index (χ0n) is 9.38. The fourth-order valence-electron chi connectivity index (χ4n) is 1.56. The number of hydrogen-bond donors (Lipinski definition) is 0. The van der Waals surface area contributed by atoms with Gasteiger partial charge < -0.3 is 4.74 Å². The van der Waals surface area contributed by atoms with Gasteiger partial charge in [-0.25, -0.2) is 4.98 Å². The number of rotatable bonds is 4. The molecule has 0 radical (unpaired) electrons. The highest BCUT2D eigenvalue weighted by Crippen LogP contribution is 2.28. The Kier molecular flexibility index (Phi) is 3.31. The van der Waals surface area contributed by atoms with Crippen LogP contribution in [0.25, 0.3) is 11.3 Å². The standard InChI is InChI=1S/C11H9F2N3O2/c1-16-9(5-7(6-17)15-16)8-3-2-4-14-10(8)18-11(12)13/h2-6,11H,1H3. The molecule has 0 unspecified atom stereocenters. The first-order valence-electron chi connectivity index (χ1n) is 5.01. The van der Waals surface area contributed by atoms with Crippen LogP contribution in [0.4, 0.5) is 8.78 Å². The predicted molar refractivity (Wildman–Crippen MR) is 58.5 cm³/mol. The molecule has 5 nitrogen and oxygen atoms in total. The molecule has 0 aromatic carbocycles. The summed E-state index contributed by atoms with van der Waals surface area (Å²) in [6.07, 6.45) is 1.92. The molecule has 0 saturated carbocycles. The number of pyridine rings is 1. The van der Waals surface area contributed by atoms with Crippen LogP contribution in [0, 0.1) is 0 Å². The van der Waals surface area contributed by atoms with Gasteiger partial charge in [0.25, 0.3) is 0 Å². The van der Waals surface area contributed by atoms with E-state index in [0.29, 0.717) is 17.5 Å². The number of carbonyl (C=O) groups excluding carboxylic acids is 1. The molecule has 0 saturated heterocycles. The van der Waals surface area contributed by atoms with Crippen LogP contribution in [-0.4, -0.2) is 27.7 Å².